The molecular formula is C23H27N3O4S2. The van der Waals surface area contributed by atoms with E-state index in [0.717, 1.165) is 30.2 Å². The summed E-state index contributed by atoms with van der Waals surface area (Å²) in [6.45, 7) is 0.867. The Morgan fingerprint density at radius 3 is 2.12 bits per heavy atom. The molecule has 32 heavy (non-hydrogen) atoms. The number of hydrogen-bond acceptors (Lipinski definition) is 6. The van der Waals surface area contributed by atoms with Crippen molar-refractivity contribution in [2.75, 3.05) is 25.1 Å². The molecule has 0 bridgehead atoms. The monoisotopic (exact) mass is 473 g/mol. The van der Waals surface area contributed by atoms with Crippen LogP contribution in [0.25, 0.3) is 0 Å². The summed E-state index contributed by atoms with van der Waals surface area (Å²) in [5.74, 6) is 3.70. The third kappa shape index (κ3) is 9.95. The van der Waals surface area contributed by atoms with E-state index < -0.39 is 10.0 Å². The van der Waals surface area contributed by atoms with Gasteiger partial charge >= 0.3 is 0 Å². The van der Waals surface area contributed by atoms with E-state index in [2.05, 4.69) is 15.0 Å². The molecule has 4 rings (SSSR count). The van der Waals surface area contributed by atoms with Crippen LogP contribution in [0, 0.1) is 0 Å². The number of sulfonamides is 1. The molecule has 0 radical (unpaired) electrons. The number of pyridine rings is 1. The molecule has 2 aromatic carbocycles. The van der Waals surface area contributed by atoms with E-state index >= 15 is 0 Å². The molecule has 1 amide bonds. The molecule has 3 aromatic rings. The highest BCUT2D eigenvalue weighted by Gasteiger charge is 2.09. The fraction of sp³-hybridized carbons (Fsp3) is 0.217. The third-order valence-electron chi connectivity index (χ3n) is 3.96. The molecule has 1 aliphatic heterocycles. The number of ether oxygens (including phenoxy) is 1. The SMILES string of the molecule is CNS(=O)(=O)c1cccnc1.O=C1CSCCCN1.c1ccc(Oc2ccccc2)cc1. The maximum atomic E-state index is 11.0. The van der Waals surface area contributed by atoms with Crippen molar-refractivity contribution >= 4 is 27.7 Å². The summed E-state index contributed by atoms with van der Waals surface area (Å²) in [5, 5.41) is 2.78. The second kappa shape index (κ2) is 14.2. The number of nitrogens with zero attached hydrogens (tertiary/aromatic N) is 1. The van der Waals surface area contributed by atoms with Crippen LogP contribution in [0.5, 0.6) is 11.5 Å². The second-order valence-electron chi connectivity index (χ2n) is 6.38. The van der Waals surface area contributed by atoms with Gasteiger partial charge in [0.1, 0.15) is 16.4 Å². The molecule has 0 spiro atoms. The van der Waals surface area contributed by atoms with Crippen LogP contribution in [0.15, 0.2) is 90.1 Å². The van der Waals surface area contributed by atoms with Crippen LogP contribution < -0.4 is 14.8 Å². The van der Waals surface area contributed by atoms with Gasteiger partial charge in [0.2, 0.25) is 15.9 Å². The largest absolute Gasteiger partial charge is 0.457 e. The molecule has 2 heterocycles. The lowest BCUT2D eigenvalue weighted by molar-refractivity contribution is -0.118. The summed E-state index contributed by atoms with van der Waals surface area (Å²) in [6.07, 6.45) is 3.94. The third-order valence-corrected chi connectivity index (χ3v) is 6.40. The lowest BCUT2D eigenvalue weighted by atomic mass is 10.3. The smallest absolute Gasteiger partial charge is 0.241 e. The van der Waals surface area contributed by atoms with Crippen molar-refractivity contribution in [3.8, 4) is 11.5 Å². The second-order valence-corrected chi connectivity index (χ2v) is 9.37. The number of hydrogen-bond donors (Lipinski definition) is 2. The first-order valence-corrected chi connectivity index (χ1v) is 12.6. The van der Waals surface area contributed by atoms with Gasteiger partial charge in [0.25, 0.3) is 0 Å². The van der Waals surface area contributed by atoms with Crippen molar-refractivity contribution in [3.63, 3.8) is 0 Å². The molecule has 2 N–H and O–H groups in total. The van der Waals surface area contributed by atoms with Gasteiger partial charge < -0.3 is 10.1 Å². The van der Waals surface area contributed by atoms with E-state index in [4.69, 9.17) is 4.74 Å². The summed E-state index contributed by atoms with van der Waals surface area (Å²) >= 11 is 1.71. The number of para-hydroxylation sites is 2. The average Bonchev–Trinajstić information content (AvgIpc) is 3.09. The van der Waals surface area contributed by atoms with Gasteiger partial charge in [-0.25, -0.2) is 13.1 Å². The summed E-state index contributed by atoms with van der Waals surface area (Å²) in [4.78, 5) is 14.4. The fourth-order valence-corrected chi connectivity index (χ4v) is 3.83. The van der Waals surface area contributed by atoms with Crippen molar-refractivity contribution in [1.82, 2.24) is 15.0 Å². The quantitative estimate of drug-likeness (QED) is 0.600. The van der Waals surface area contributed by atoms with Gasteiger partial charge in [-0.3, -0.25) is 9.78 Å². The van der Waals surface area contributed by atoms with E-state index in [-0.39, 0.29) is 10.8 Å². The van der Waals surface area contributed by atoms with E-state index in [9.17, 15) is 13.2 Å². The minimum absolute atomic E-state index is 0.183. The lowest BCUT2D eigenvalue weighted by Gasteiger charge is -2.03. The lowest BCUT2D eigenvalue weighted by Crippen LogP contribution is -2.23. The zero-order chi connectivity index (χ0) is 23.1. The summed E-state index contributed by atoms with van der Waals surface area (Å²) in [6, 6.07) is 22.6. The maximum Gasteiger partial charge on any atom is 0.241 e. The molecule has 0 unspecified atom stereocenters. The van der Waals surface area contributed by atoms with Crippen LogP contribution in [0.2, 0.25) is 0 Å². The van der Waals surface area contributed by atoms with E-state index in [1.54, 1.807) is 17.8 Å². The van der Waals surface area contributed by atoms with Crippen LogP contribution in [-0.2, 0) is 14.8 Å². The summed E-state index contributed by atoms with van der Waals surface area (Å²) in [5.41, 5.74) is 0. The molecule has 9 heteroatoms. The predicted octanol–water partition coefficient (Wildman–Crippen LogP) is 3.71. The topological polar surface area (TPSA) is 97.4 Å². The van der Waals surface area contributed by atoms with Crippen molar-refractivity contribution in [2.45, 2.75) is 11.3 Å². The highest BCUT2D eigenvalue weighted by atomic mass is 32.2. The Balaban J connectivity index is 0.000000175. The van der Waals surface area contributed by atoms with Crippen LogP contribution in [-0.4, -0.2) is 44.4 Å². The number of carbonyl (C=O) groups is 1. The molecule has 1 saturated heterocycles. The standard InChI is InChI=1S/C12H10O.C6H8N2O2S.C5H9NOS/c1-3-7-11(8-4-1)13-12-9-5-2-6-10-12;1-7-11(9,10)6-3-2-4-8-5-6;7-5-4-8-3-1-2-6-5/h1-10H;2-5,7H,1H3;1-4H2,(H,6,7). The Morgan fingerprint density at radius 1 is 0.969 bits per heavy atom. The van der Waals surface area contributed by atoms with E-state index in [1.165, 1.54) is 25.5 Å². The fourth-order valence-electron chi connectivity index (χ4n) is 2.35. The molecule has 0 saturated carbocycles. The number of thioether (sulfide) groups is 1. The Labute approximate surface area is 193 Å². The maximum absolute atomic E-state index is 11.0. The zero-order valence-electron chi connectivity index (χ0n) is 17.8. The van der Waals surface area contributed by atoms with Crippen molar-refractivity contribution in [2.24, 2.45) is 0 Å². The molecule has 1 aliphatic rings. The normalized spacial score (nSPS) is 13.2. The minimum Gasteiger partial charge on any atom is -0.457 e. The van der Waals surface area contributed by atoms with Gasteiger partial charge in [-0.1, -0.05) is 36.4 Å². The summed E-state index contributed by atoms with van der Waals surface area (Å²) < 4.78 is 29.9. The first-order valence-electron chi connectivity index (χ1n) is 9.97. The number of nitrogens with one attached hydrogen (secondary N) is 2. The minimum atomic E-state index is -3.31. The molecule has 170 valence electrons. The first kappa shape index (κ1) is 25.4. The van der Waals surface area contributed by atoms with Crippen molar-refractivity contribution in [3.05, 3.63) is 85.2 Å². The van der Waals surface area contributed by atoms with E-state index in [1.807, 2.05) is 60.7 Å². The van der Waals surface area contributed by atoms with Crippen molar-refractivity contribution < 1.29 is 17.9 Å². The first-order chi connectivity index (χ1) is 15.5. The zero-order valence-corrected chi connectivity index (χ0v) is 19.4. The molecule has 0 aliphatic carbocycles. The molecular weight excluding hydrogens is 446 g/mol. The van der Waals surface area contributed by atoms with E-state index in [0.29, 0.717) is 5.75 Å². The number of rotatable bonds is 4. The van der Waals surface area contributed by atoms with Crippen LogP contribution >= 0.6 is 11.8 Å². The Hall–Kier alpha value is -2.88. The van der Waals surface area contributed by atoms with Crippen LogP contribution in [0.4, 0.5) is 0 Å². The van der Waals surface area contributed by atoms with Crippen LogP contribution in [0.1, 0.15) is 6.42 Å². The van der Waals surface area contributed by atoms with Gasteiger partial charge in [0, 0.05) is 18.9 Å². The molecule has 1 fully saturated rings. The van der Waals surface area contributed by atoms with Gasteiger partial charge in [0.15, 0.2) is 0 Å². The highest BCUT2D eigenvalue weighted by molar-refractivity contribution is 7.99. The Bertz CT molecular complexity index is 971. The Morgan fingerprint density at radius 2 is 1.59 bits per heavy atom. The Kier molecular flexibility index (Phi) is 11.3. The highest BCUT2D eigenvalue weighted by Crippen LogP contribution is 2.19. The molecule has 1 aromatic heterocycles. The van der Waals surface area contributed by atoms with Gasteiger partial charge in [-0.05, 0) is 55.6 Å². The predicted molar refractivity (Wildman–Crippen MR) is 128 cm³/mol. The van der Waals surface area contributed by atoms with Crippen molar-refractivity contribution in [1.29, 1.82) is 0 Å². The number of carbonyl (C=O) groups excluding carboxylic acids is 1. The number of amides is 1. The summed E-state index contributed by atoms with van der Waals surface area (Å²) in [7, 11) is -1.95. The average molecular weight is 474 g/mol. The van der Waals surface area contributed by atoms with Gasteiger partial charge in [-0.15, -0.1) is 0 Å². The molecule has 7 nitrogen and oxygen atoms in total. The van der Waals surface area contributed by atoms with Crippen LogP contribution in [0.3, 0.4) is 0 Å². The molecule has 0 atom stereocenters. The number of benzene rings is 2. The van der Waals surface area contributed by atoms with Gasteiger partial charge in [-0.2, -0.15) is 11.8 Å². The number of aromatic nitrogens is 1. The van der Waals surface area contributed by atoms with Gasteiger partial charge in [0.05, 0.1) is 5.75 Å².